The van der Waals surface area contributed by atoms with E-state index >= 15 is 0 Å². The SMILES string of the molecule is CC1CCC(OOO)CC1. The van der Waals surface area contributed by atoms with Gasteiger partial charge < -0.3 is 0 Å². The second-order valence-electron chi connectivity index (χ2n) is 3.05. The first kappa shape index (κ1) is 7.98. The summed E-state index contributed by atoms with van der Waals surface area (Å²) in [5.41, 5.74) is 0. The molecule has 0 aliphatic heterocycles. The van der Waals surface area contributed by atoms with Crippen molar-refractivity contribution >= 4 is 0 Å². The first-order chi connectivity index (χ1) is 4.83. The maximum absolute atomic E-state index is 7.96. The molecule has 0 heterocycles. The first-order valence-corrected chi connectivity index (χ1v) is 3.80. The summed E-state index contributed by atoms with van der Waals surface area (Å²) >= 11 is 0. The quantitative estimate of drug-likeness (QED) is 0.478. The molecular formula is C7H14O3. The van der Waals surface area contributed by atoms with Crippen LogP contribution in [0.25, 0.3) is 0 Å². The minimum absolute atomic E-state index is 0.112. The number of rotatable bonds is 2. The van der Waals surface area contributed by atoms with Crippen LogP contribution in [0.2, 0.25) is 0 Å². The van der Waals surface area contributed by atoms with E-state index in [1.165, 1.54) is 12.8 Å². The minimum Gasteiger partial charge on any atom is -0.221 e. The van der Waals surface area contributed by atoms with Crippen molar-refractivity contribution in [1.82, 2.24) is 0 Å². The van der Waals surface area contributed by atoms with Gasteiger partial charge in [0.2, 0.25) is 0 Å². The van der Waals surface area contributed by atoms with Crippen LogP contribution in [-0.2, 0) is 9.93 Å². The molecule has 1 rings (SSSR count). The van der Waals surface area contributed by atoms with E-state index in [-0.39, 0.29) is 6.10 Å². The normalized spacial score (nSPS) is 34.2. The number of hydrogen-bond acceptors (Lipinski definition) is 3. The molecule has 0 aromatic heterocycles. The topological polar surface area (TPSA) is 38.7 Å². The molecule has 0 amide bonds. The van der Waals surface area contributed by atoms with Crippen LogP contribution in [0.15, 0.2) is 0 Å². The van der Waals surface area contributed by atoms with Crippen LogP contribution in [0.4, 0.5) is 0 Å². The molecule has 0 saturated heterocycles. The van der Waals surface area contributed by atoms with Gasteiger partial charge in [0.15, 0.2) is 0 Å². The van der Waals surface area contributed by atoms with Gasteiger partial charge in [0.25, 0.3) is 0 Å². The summed E-state index contributed by atoms with van der Waals surface area (Å²) in [4.78, 5) is 4.59. The van der Waals surface area contributed by atoms with E-state index < -0.39 is 0 Å². The Morgan fingerprint density at radius 1 is 1.20 bits per heavy atom. The fraction of sp³-hybridized carbons (Fsp3) is 1.00. The Kier molecular flexibility index (Phi) is 3.12. The summed E-state index contributed by atoms with van der Waals surface area (Å²) in [5, 5.41) is 11.6. The van der Waals surface area contributed by atoms with Gasteiger partial charge in [-0.3, -0.25) is 0 Å². The molecule has 0 unspecified atom stereocenters. The second kappa shape index (κ2) is 3.91. The van der Waals surface area contributed by atoms with Gasteiger partial charge in [-0.25, -0.2) is 10.1 Å². The van der Waals surface area contributed by atoms with Crippen LogP contribution in [0.3, 0.4) is 0 Å². The predicted molar refractivity (Wildman–Crippen MR) is 36.2 cm³/mol. The van der Waals surface area contributed by atoms with Crippen LogP contribution in [0.5, 0.6) is 0 Å². The Hall–Kier alpha value is -0.120. The molecule has 1 aliphatic rings. The zero-order valence-corrected chi connectivity index (χ0v) is 6.25. The highest BCUT2D eigenvalue weighted by Crippen LogP contribution is 2.25. The van der Waals surface area contributed by atoms with Gasteiger partial charge in [0.05, 0.1) is 6.10 Å². The van der Waals surface area contributed by atoms with Crippen LogP contribution in [0.1, 0.15) is 32.6 Å². The summed E-state index contributed by atoms with van der Waals surface area (Å²) in [6.45, 7) is 2.23. The molecule has 1 aliphatic carbocycles. The molecule has 0 atom stereocenters. The monoisotopic (exact) mass is 146 g/mol. The van der Waals surface area contributed by atoms with Crippen molar-refractivity contribution in [2.24, 2.45) is 5.92 Å². The molecule has 0 radical (unpaired) electrons. The van der Waals surface area contributed by atoms with E-state index in [0.717, 1.165) is 18.8 Å². The van der Waals surface area contributed by atoms with Crippen molar-refractivity contribution < 1.29 is 15.2 Å². The summed E-state index contributed by atoms with van der Waals surface area (Å²) in [6.07, 6.45) is 4.46. The predicted octanol–water partition coefficient (Wildman–Crippen LogP) is 1.99. The summed E-state index contributed by atoms with van der Waals surface area (Å²) in [6, 6.07) is 0. The Morgan fingerprint density at radius 2 is 1.80 bits per heavy atom. The zero-order valence-electron chi connectivity index (χ0n) is 6.25. The Bertz CT molecular complexity index is 86.9. The highest BCUT2D eigenvalue weighted by molar-refractivity contribution is 4.68. The van der Waals surface area contributed by atoms with E-state index in [9.17, 15) is 0 Å². The van der Waals surface area contributed by atoms with E-state index in [2.05, 4.69) is 16.8 Å². The largest absolute Gasteiger partial charge is 0.221 e. The lowest BCUT2D eigenvalue weighted by atomic mass is 9.89. The van der Waals surface area contributed by atoms with Gasteiger partial charge in [-0.2, -0.15) is 0 Å². The molecule has 0 aromatic rings. The average Bonchev–Trinajstić information content (AvgIpc) is 1.95. The lowest BCUT2D eigenvalue weighted by Gasteiger charge is -2.23. The maximum atomic E-state index is 7.96. The molecule has 10 heavy (non-hydrogen) atoms. The molecule has 0 aromatic carbocycles. The third kappa shape index (κ3) is 2.25. The lowest BCUT2D eigenvalue weighted by molar-refractivity contribution is -0.508. The van der Waals surface area contributed by atoms with Gasteiger partial charge in [0.1, 0.15) is 0 Å². The van der Waals surface area contributed by atoms with Gasteiger partial charge in [0, 0.05) is 0 Å². The summed E-state index contributed by atoms with van der Waals surface area (Å²) in [5.74, 6) is 0.804. The van der Waals surface area contributed by atoms with E-state index in [1.807, 2.05) is 0 Å². The van der Waals surface area contributed by atoms with Crippen LogP contribution < -0.4 is 0 Å². The van der Waals surface area contributed by atoms with Crippen molar-refractivity contribution in [3.8, 4) is 0 Å². The van der Waals surface area contributed by atoms with Crippen molar-refractivity contribution in [3.05, 3.63) is 0 Å². The molecule has 60 valence electrons. The average molecular weight is 146 g/mol. The van der Waals surface area contributed by atoms with Crippen LogP contribution in [0, 0.1) is 5.92 Å². The molecule has 3 nitrogen and oxygen atoms in total. The number of hydrogen-bond donors (Lipinski definition) is 1. The van der Waals surface area contributed by atoms with E-state index in [0.29, 0.717) is 0 Å². The zero-order chi connectivity index (χ0) is 7.40. The van der Waals surface area contributed by atoms with Crippen molar-refractivity contribution in [1.29, 1.82) is 0 Å². The maximum Gasteiger partial charge on any atom is 0.0961 e. The van der Waals surface area contributed by atoms with Gasteiger partial charge in [-0.15, -0.1) is 0 Å². The Morgan fingerprint density at radius 3 is 2.30 bits per heavy atom. The third-order valence-corrected chi connectivity index (χ3v) is 2.14. The minimum atomic E-state index is 0.112. The molecule has 3 heteroatoms. The Labute approximate surface area is 60.8 Å². The molecule has 0 bridgehead atoms. The fourth-order valence-electron chi connectivity index (χ4n) is 1.39. The van der Waals surface area contributed by atoms with Crippen molar-refractivity contribution in [2.75, 3.05) is 0 Å². The van der Waals surface area contributed by atoms with Gasteiger partial charge in [-0.05, 0) is 31.6 Å². The molecular weight excluding hydrogens is 132 g/mol. The highest BCUT2D eigenvalue weighted by atomic mass is 17.5. The van der Waals surface area contributed by atoms with Gasteiger partial charge in [-0.1, -0.05) is 12.0 Å². The van der Waals surface area contributed by atoms with E-state index in [4.69, 9.17) is 5.26 Å². The second-order valence-corrected chi connectivity index (χ2v) is 3.05. The Balaban J connectivity index is 2.13. The lowest BCUT2D eigenvalue weighted by Crippen LogP contribution is -2.19. The first-order valence-electron chi connectivity index (χ1n) is 3.80. The summed E-state index contributed by atoms with van der Waals surface area (Å²) < 4.78 is 0. The van der Waals surface area contributed by atoms with Crippen LogP contribution in [-0.4, -0.2) is 11.4 Å². The molecule has 0 spiro atoms. The van der Waals surface area contributed by atoms with Crippen molar-refractivity contribution in [3.63, 3.8) is 0 Å². The highest BCUT2D eigenvalue weighted by Gasteiger charge is 2.19. The molecule has 1 N–H and O–H groups in total. The van der Waals surface area contributed by atoms with Crippen molar-refractivity contribution in [2.45, 2.75) is 38.7 Å². The standard InChI is InChI=1S/C7H14O3/c1-6-2-4-7(5-3-6)9-10-8/h6-8H,2-5H2,1H3. The third-order valence-electron chi connectivity index (χ3n) is 2.14. The van der Waals surface area contributed by atoms with Crippen LogP contribution >= 0.6 is 0 Å². The smallest absolute Gasteiger partial charge is 0.0961 e. The molecule has 1 fully saturated rings. The van der Waals surface area contributed by atoms with Gasteiger partial charge >= 0.3 is 0 Å². The van der Waals surface area contributed by atoms with E-state index in [1.54, 1.807) is 0 Å². The fourth-order valence-corrected chi connectivity index (χ4v) is 1.39. The molecule has 1 saturated carbocycles. The summed E-state index contributed by atoms with van der Waals surface area (Å²) in [7, 11) is 0.